The van der Waals surface area contributed by atoms with Gasteiger partial charge in [0.1, 0.15) is 6.61 Å². The van der Waals surface area contributed by atoms with Gasteiger partial charge in [0.2, 0.25) is 0 Å². The van der Waals surface area contributed by atoms with Crippen molar-refractivity contribution >= 4 is 39.9 Å². The van der Waals surface area contributed by atoms with Crippen molar-refractivity contribution in [1.82, 2.24) is 5.32 Å². The van der Waals surface area contributed by atoms with Crippen LogP contribution in [0.2, 0.25) is 5.02 Å². The molecule has 0 fully saturated rings. The van der Waals surface area contributed by atoms with Gasteiger partial charge in [-0.3, -0.25) is 0 Å². The summed E-state index contributed by atoms with van der Waals surface area (Å²) in [6, 6.07) is 22.8. The molecule has 1 atom stereocenters. The molecule has 0 saturated carbocycles. The average Bonchev–Trinajstić information content (AvgIpc) is 2.77. The molecular formula is C26H30BrCl2NO2. The van der Waals surface area contributed by atoms with Gasteiger partial charge in [-0.2, -0.15) is 0 Å². The minimum Gasteiger partial charge on any atom is -0.490 e. The molecule has 0 spiro atoms. The van der Waals surface area contributed by atoms with Crippen LogP contribution in [0.4, 0.5) is 0 Å². The molecule has 0 radical (unpaired) electrons. The quantitative estimate of drug-likeness (QED) is 0.272. The van der Waals surface area contributed by atoms with Gasteiger partial charge in [-0.05, 0) is 71.9 Å². The number of benzene rings is 3. The second-order valence-electron chi connectivity index (χ2n) is 7.52. The first-order valence-electron chi connectivity index (χ1n) is 10.7. The zero-order valence-electron chi connectivity index (χ0n) is 18.4. The van der Waals surface area contributed by atoms with E-state index in [1.54, 1.807) is 0 Å². The van der Waals surface area contributed by atoms with Gasteiger partial charge in [0.05, 0.1) is 11.1 Å². The van der Waals surface area contributed by atoms with Gasteiger partial charge in [0, 0.05) is 23.2 Å². The molecule has 0 bridgehead atoms. The zero-order chi connectivity index (χ0) is 22.1. The summed E-state index contributed by atoms with van der Waals surface area (Å²) >= 11 is 9.92. The number of hydrogen-bond donors (Lipinski definition) is 1. The first kappa shape index (κ1) is 26.5. The van der Waals surface area contributed by atoms with E-state index in [9.17, 15) is 0 Å². The number of nitrogens with one attached hydrogen (secondary N) is 1. The summed E-state index contributed by atoms with van der Waals surface area (Å²) in [5.74, 6) is 1.43. The lowest BCUT2D eigenvalue weighted by atomic mass is 10.1. The maximum absolute atomic E-state index is 6.26. The predicted molar refractivity (Wildman–Crippen MR) is 139 cm³/mol. The molecule has 1 unspecified atom stereocenters. The van der Waals surface area contributed by atoms with Crippen LogP contribution in [0, 0.1) is 0 Å². The number of rotatable bonds is 11. The van der Waals surface area contributed by atoms with Crippen LogP contribution < -0.4 is 14.8 Å². The average molecular weight is 539 g/mol. The minimum absolute atomic E-state index is 0. The van der Waals surface area contributed by atoms with E-state index in [4.69, 9.17) is 21.1 Å². The summed E-state index contributed by atoms with van der Waals surface area (Å²) in [6.45, 7) is 5.91. The Balaban J connectivity index is 0.00000363. The van der Waals surface area contributed by atoms with Crippen LogP contribution >= 0.6 is 39.9 Å². The molecule has 3 rings (SSSR count). The fourth-order valence-corrected chi connectivity index (χ4v) is 4.11. The van der Waals surface area contributed by atoms with Gasteiger partial charge in [-0.15, -0.1) is 12.4 Å². The van der Waals surface area contributed by atoms with Crippen LogP contribution in [0.15, 0.2) is 71.2 Å². The molecule has 3 aromatic carbocycles. The Morgan fingerprint density at radius 3 is 2.41 bits per heavy atom. The van der Waals surface area contributed by atoms with Crippen molar-refractivity contribution in [3.05, 3.63) is 92.9 Å². The molecule has 0 aliphatic rings. The SMILES string of the molecule is CCOc1cc(CNC(C)CCc2ccccc2)cc(Br)c1OCc1ccccc1Cl.Cl. The molecule has 0 aromatic heterocycles. The normalized spacial score (nSPS) is 11.5. The van der Waals surface area contributed by atoms with E-state index in [-0.39, 0.29) is 12.4 Å². The molecule has 0 heterocycles. The lowest BCUT2D eigenvalue weighted by molar-refractivity contribution is 0.267. The molecule has 0 aliphatic carbocycles. The zero-order valence-corrected chi connectivity index (χ0v) is 21.6. The number of hydrogen-bond acceptors (Lipinski definition) is 3. The second kappa shape index (κ2) is 13.7. The number of halogens is 3. The fourth-order valence-electron chi connectivity index (χ4n) is 3.31. The summed E-state index contributed by atoms with van der Waals surface area (Å²) in [5, 5.41) is 4.31. The van der Waals surface area contributed by atoms with Gasteiger partial charge in [-0.25, -0.2) is 0 Å². The van der Waals surface area contributed by atoms with Crippen molar-refractivity contribution in [1.29, 1.82) is 0 Å². The maximum Gasteiger partial charge on any atom is 0.175 e. The van der Waals surface area contributed by atoms with Crippen LogP contribution in [-0.4, -0.2) is 12.6 Å². The van der Waals surface area contributed by atoms with Crippen molar-refractivity contribution in [2.45, 2.75) is 45.9 Å². The minimum atomic E-state index is 0. The van der Waals surface area contributed by atoms with Crippen molar-refractivity contribution < 1.29 is 9.47 Å². The molecule has 1 N–H and O–H groups in total. The largest absolute Gasteiger partial charge is 0.490 e. The third kappa shape index (κ3) is 8.00. The van der Waals surface area contributed by atoms with E-state index in [1.807, 2.05) is 37.3 Å². The van der Waals surface area contributed by atoms with E-state index in [0.29, 0.717) is 30.0 Å². The molecule has 0 aliphatic heterocycles. The van der Waals surface area contributed by atoms with Gasteiger partial charge in [0.15, 0.2) is 11.5 Å². The number of aryl methyl sites for hydroxylation is 1. The number of ether oxygens (including phenoxy) is 2. The molecule has 32 heavy (non-hydrogen) atoms. The first-order chi connectivity index (χ1) is 15.1. The summed E-state index contributed by atoms with van der Waals surface area (Å²) < 4.78 is 12.8. The standard InChI is InChI=1S/C26H29BrClNO2.ClH/c1-3-30-25-16-21(17-29-19(2)13-14-20-9-5-4-6-10-20)15-23(27)26(25)31-18-22-11-7-8-12-24(22)28;/h4-12,15-16,19,29H,3,13-14,17-18H2,1-2H3;1H. The highest BCUT2D eigenvalue weighted by molar-refractivity contribution is 9.10. The fraction of sp³-hybridized carbons (Fsp3) is 0.308. The summed E-state index contributed by atoms with van der Waals surface area (Å²) in [5.41, 5.74) is 3.46. The third-order valence-corrected chi connectivity index (χ3v) is 6.02. The molecule has 3 nitrogen and oxygen atoms in total. The van der Waals surface area contributed by atoms with Crippen molar-refractivity contribution in [3.8, 4) is 11.5 Å². The van der Waals surface area contributed by atoms with E-state index >= 15 is 0 Å². The van der Waals surface area contributed by atoms with Crippen molar-refractivity contribution in [2.75, 3.05) is 6.61 Å². The molecule has 0 amide bonds. The lowest BCUT2D eigenvalue weighted by Gasteiger charge is -2.18. The Kier molecular flexibility index (Phi) is 11.4. The third-order valence-electron chi connectivity index (χ3n) is 5.06. The highest BCUT2D eigenvalue weighted by Crippen LogP contribution is 2.38. The molecule has 3 aromatic rings. The Bertz CT molecular complexity index is 969. The maximum atomic E-state index is 6.26. The summed E-state index contributed by atoms with van der Waals surface area (Å²) in [7, 11) is 0. The molecule has 172 valence electrons. The molecular weight excluding hydrogens is 509 g/mol. The van der Waals surface area contributed by atoms with Gasteiger partial charge in [0.25, 0.3) is 0 Å². The van der Waals surface area contributed by atoms with Crippen LogP contribution in [0.5, 0.6) is 11.5 Å². The Hall–Kier alpha value is -1.72. The summed E-state index contributed by atoms with van der Waals surface area (Å²) in [6.07, 6.45) is 2.15. The van der Waals surface area contributed by atoms with E-state index in [0.717, 1.165) is 40.7 Å². The lowest BCUT2D eigenvalue weighted by Crippen LogP contribution is -2.26. The van der Waals surface area contributed by atoms with Crippen molar-refractivity contribution in [3.63, 3.8) is 0 Å². The first-order valence-corrected chi connectivity index (χ1v) is 11.8. The van der Waals surface area contributed by atoms with Gasteiger partial charge >= 0.3 is 0 Å². The van der Waals surface area contributed by atoms with E-state index < -0.39 is 0 Å². The second-order valence-corrected chi connectivity index (χ2v) is 8.79. The molecule has 6 heteroatoms. The highest BCUT2D eigenvalue weighted by Gasteiger charge is 2.14. The van der Waals surface area contributed by atoms with E-state index in [2.05, 4.69) is 64.6 Å². The van der Waals surface area contributed by atoms with Crippen LogP contribution in [0.1, 0.15) is 37.0 Å². The Morgan fingerprint density at radius 2 is 1.69 bits per heavy atom. The van der Waals surface area contributed by atoms with Crippen LogP contribution in [0.3, 0.4) is 0 Å². The van der Waals surface area contributed by atoms with Gasteiger partial charge in [-0.1, -0.05) is 60.1 Å². The van der Waals surface area contributed by atoms with Gasteiger partial charge < -0.3 is 14.8 Å². The predicted octanol–water partition coefficient (Wildman–Crippen LogP) is 7.61. The van der Waals surface area contributed by atoms with E-state index in [1.165, 1.54) is 5.56 Å². The smallest absolute Gasteiger partial charge is 0.175 e. The topological polar surface area (TPSA) is 30.5 Å². The van der Waals surface area contributed by atoms with Crippen molar-refractivity contribution in [2.24, 2.45) is 0 Å². The monoisotopic (exact) mass is 537 g/mol. The highest BCUT2D eigenvalue weighted by atomic mass is 79.9. The Labute approximate surface area is 211 Å². The summed E-state index contributed by atoms with van der Waals surface area (Å²) in [4.78, 5) is 0. The van der Waals surface area contributed by atoms with Crippen LogP contribution in [0.25, 0.3) is 0 Å². The van der Waals surface area contributed by atoms with Crippen LogP contribution in [-0.2, 0) is 19.6 Å². The Morgan fingerprint density at radius 1 is 0.969 bits per heavy atom. The molecule has 0 saturated heterocycles.